The third-order valence-electron chi connectivity index (χ3n) is 8.61. The predicted molar refractivity (Wildman–Crippen MR) is 165 cm³/mol. The number of pyridine rings is 1. The number of nitrogens with zero attached hydrogens (tertiary/aromatic N) is 8. The number of hydrogen-bond donors (Lipinski definition) is 2. The first kappa shape index (κ1) is 28.0. The number of nitrogen functional groups attached to an aromatic ring is 1. The number of hydrogen-bond acceptors (Lipinski definition) is 10. The van der Waals surface area contributed by atoms with Gasteiger partial charge in [-0.3, -0.25) is 14.9 Å². The fraction of sp³-hybridized carbons (Fsp3) is 0.333. The molecule has 0 saturated carbocycles. The lowest BCUT2D eigenvalue weighted by atomic mass is 9.87. The lowest BCUT2D eigenvalue weighted by Gasteiger charge is -2.38. The van der Waals surface area contributed by atoms with E-state index in [1.807, 2.05) is 61.5 Å². The van der Waals surface area contributed by atoms with Crippen molar-refractivity contribution in [3.8, 4) is 22.4 Å². The van der Waals surface area contributed by atoms with Crippen LogP contribution in [0.3, 0.4) is 0 Å². The summed E-state index contributed by atoms with van der Waals surface area (Å²) in [6.07, 6.45) is 7.27. The molecule has 226 valence electrons. The Kier molecular flexibility index (Phi) is 6.61. The molecule has 2 bridgehead atoms. The number of nitrogens with one attached hydrogen (secondary N) is 1. The second-order valence-corrected chi connectivity index (χ2v) is 13.7. The van der Waals surface area contributed by atoms with Crippen molar-refractivity contribution in [2.45, 2.75) is 48.6 Å². The van der Waals surface area contributed by atoms with Gasteiger partial charge < -0.3 is 15.5 Å². The number of piperidine rings is 1. The zero-order valence-corrected chi connectivity index (χ0v) is 25.4. The summed E-state index contributed by atoms with van der Waals surface area (Å²) in [6.45, 7) is 0. The predicted octanol–water partition coefficient (Wildman–Crippen LogP) is 3.18. The number of rotatable bonds is 6. The highest BCUT2D eigenvalue weighted by atomic mass is 32.2. The molecule has 7 rings (SSSR count). The van der Waals surface area contributed by atoms with Crippen LogP contribution in [0.15, 0.2) is 59.8 Å². The van der Waals surface area contributed by atoms with Gasteiger partial charge in [0, 0.05) is 61.2 Å². The van der Waals surface area contributed by atoms with E-state index in [0.717, 1.165) is 35.9 Å². The van der Waals surface area contributed by atoms with Gasteiger partial charge >= 0.3 is 0 Å². The Balaban J connectivity index is 1.25. The molecular formula is C30H32N10O3S. The summed E-state index contributed by atoms with van der Waals surface area (Å²) in [4.78, 5) is 31.1. The minimum Gasteiger partial charge on any atom is -0.382 e. The monoisotopic (exact) mass is 612 g/mol. The molecule has 13 nitrogen and oxygen atoms in total. The molecule has 2 fully saturated rings. The van der Waals surface area contributed by atoms with Crippen LogP contribution in [0.2, 0.25) is 0 Å². The fourth-order valence-corrected chi connectivity index (χ4v) is 7.67. The molecular weight excluding hydrogens is 580 g/mol. The summed E-state index contributed by atoms with van der Waals surface area (Å²) < 4.78 is 27.7. The van der Waals surface area contributed by atoms with Gasteiger partial charge in [-0.25, -0.2) is 13.4 Å². The van der Waals surface area contributed by atoms with E-state index in [1.165, 1.54) is 4.52 Å². The number of nitrogens with two attached hydrogens (primary N) is 1. The molecule has 2 unspecified atom stereocenters. The maximum atomic E-state index is 13.5. The summed E-state index contributed by atoms with van der Waals surface area (Å²) in [6, 6.07) is 13.6. The molecule has 1 amide bonds. The molecule has 44 heavy (non-hydrogen) atoms. The second-order valence-electron chi connectivity index (χ2n) is 11.7. The molecule has 6 heterocycles. The van der Waals surface area contributed by atoms with Crippen molar-refractivity contribution >= 4 is 33.2 Å². The Morgan fingerprint density at radius 3 is 2.34 bits per heavy atom. The maximum absolute atomic E-state index is 13.5. The van der Waals surface area contributed by atoms with Crippen molar-refractivity contribution in [2.75, 3.05) is 31.0 Å². The lowest BCUT2D eigenvalue weighted by molar-refractivity contribution is 0.0556. The Morgan fingerprint density at radius 1 is 1.00 bits per heavy atom. The van der Waals surface area contributed by atoms with Crippen LogP contribution < -0.4 is 10.6 Å². The van der Waals surface area contributed by atoms with Crippen molar-refractivity contribution in [1.29, 1.82) is 0 Å². The largest absolute Gasteiger partial charge is 0.382 e. The molecule has 0 spiro atoms. The average molecular weight is 613 g/mol. The molecule has 5 aromatic rings. The van der Waals surface area contributed by atoms with Crippen LogP contribution in [-0.2, 0) is 9.84 Å². The molecule has 2 atom stereocenters. The van der Waals surface area contributed by atoms with E-state index < -0.39 is 9.84 Å². The van der Waals surface area contributed by atoms with Gasteiger partial charge in [0.2, 0.25) is 11.8 Å². The van der Waals surface area contributed by atoms with E-state index >= 15 is 0 Å². The second kappa shape index (κ2) is 10.4. The van der Waals surface area contributed by atoms with Gasteiger partial charge in [-0.05, 0) is 31.7 Å². The van der Waals surface area contributed by atoms with Crippen LogP contribution in [0.5, 0.6) is 0 Å². The minimum atomic E-state index is -3.76. The first-order chi connectivity index (χ1) is 21.1. The van der Waals surface area contributed by atoms with Crippen molar-refractivity contribution < 1.29 is 13.2 Å². The van der Waals surface area contributed by atoms with E-state index in [-0.39, 0.29) is 40.4 Å². The fourth-order valence-electron chi connectivity index (χ4n) is 6.61. The third kappa shape index (κ3) is 4.65. The summed E-state index contributed by atoms with van der Waals surface area (Å²) in [5.41, 5.74) is 10.7. The number of H-pyrrole nitrogens is 1. The summed E-state index contributed by atoms with van der Waals surface area (Å²) in [5, 5.41) is 11.3. The van der Waals surface area contributed by atoms with Gasteiger partial charge in [-0.15, -0.1) is 5.10 Å². The Morgan fingerprint density at radius 2 is 1.73 bits per heavy atom. The number of anilines is 2. The number of carbonyl (C=O) groups is 1. The zero-order valence-electron chi connectivity index (χ0n) is 24.5. The molecule has 0 radical (unpaired) electrons. The highest BCUT2D eigenvalue weighted by Gasteiger charge is 2.46. The van der Waals surface area contributed by atoms with E-state index in [0.29, 0.717) is 35.7 Å². The smallest absolute Gasteiger partial charge is 0.291 e. The van der Waals surface area contributed by atoms with E-state index in [9.17, 15) is 13.2 Å². The Hall–Kier alpha value is -4.85. The standard InChI is InChI=1S/C30H32N10O3S/c1-38(2)30-35-27(36-37-30)29(41)39-20-10-11-21(39)14-19(13-20)24-25(44(3,42)43)26(31)40-28(34-24)22(16-33-40)18-9-12-23(32-15-18)17-7-5-4-6-8-17/h4-9,12,15-16,19-21H,10-11,13-14,31H2,1-3H3,(H,35,36,37). The minimum absolute atomic E-state index is 0.00719. The molecule has 2 aliphatic heterocycles. The van der Waals surface area contributed by atoms with Gasteiger partial charge in [-0.2, -0.15) is 14.6 Å². The van der Waals surface area contributed by atoms with Crippen molar-refractivity contribution in [3.05, 3.63) is 66.4 Å². The highest BCUT2D eigenvalue weighted by Crippen LogP contribution is 2.45. The zero-order chi connectivity index (χ0) is 30.7. The van der Waals surface area contributed by atoms with Crippen LogP contribution in [0.25, 0.3) is 28.0 Å². The van der Waals surface area contributed by atoms with Crippen LogP contribution in [0.1, 0.15) is 47.9 Å². The quantitative estimate of drug-likeness (QED) is 0.290. The number of benzene rings is 1. The first-order valence-corrected chi connectivity index (χ1v) is 16.3. The SMILES string of the molecule is CN(C)c1n[nH]c(C(=O)N2C3CCC2CC(c2nc4c(-c5ccc(-c6ccccc6)nc5)cnn4c(N)c2S(C)(=O)=O)C3)n1. The van der Waals surface area contributed by atoms with Gasteiger partial charge in [0.1, 0.15) is 10.7 Å². The highest BCUT2D eigenvalue weighted by molar-refractivity contribution is 7.91. The summed E-state index contributed by atoms with van der Waals surface area (Å²) >= 11 is 0. The number of carbonyl (C=O) groups excluding carboxylic acids is 1. The van der Waals surface area contributed by atoms with Crippen LogP contribution in [0.4, 0.5) is 11.8 Å². The van der Waals surface area contributed by atoms with Gasteiger partial charge in [0.05, 0.1) is 17.6 Å². The van der Waals surface area contributed by atoms with Gasteiger partial charge in [0.25, 0.3) is 5.91 Å². The van der Waals surface area contributed by atoms with Crippen LogP contribution in [0, 0.1) is 0 Å². The normalized spacial score (nSPS) is 19.9. The number of sulfone groups is 1. The van der Waals surface area contributed by atoms with Crippen LogP contribution in [-0.4, -0.2) is 86.4 Å². The number of aromatic amines is 1. The summed E-state index contributed by atoms with van der Waals surface area (Å²) in [5.74, 6) is 0.231. The molecule has 2 aliphatic rings. The van der Waals surface area contributed by atoms with Crippen molar-refractivity contribution in [3.63, 3.8) is 0 Å². The topological polar surface area (TPSA) is 168 Å². The van der Waals surface area contributed by atoms with E-state index in [1.54, 1.807) is 17.3 Å². The number of fused-ring (bicyclic) bond motifs is 3. The molecule has 4 aromatic heterocycles. The maximum Gasteiger partial charge on any atom is 0.291 e. The molecule has 2 saturated heterocycles. The molecule has 1 aromatic carbocycles. The molecule has 0 aliphatic carbocycles. The van der Waals surface area contributed by atoms with Gasteiger partial charge in [0.15, 0.2) is 15.5 Å². The molecule has 3 N–H and O–H groups in total. The lowest BCUT2D eigenvalue weighted by Crippen LogP contribution is -2.46. The number of amides is 1. The summed E-state index contributed by atoms with van der Waals surface area (Å²) in [7, 11) is -0.140. The van der Waals surface area contributed by atoms with Gasteiger partial charge in [-0.1, -0.05) is 36.4 Å². The van der Waals surface area contributed by atoms with E-state index in [4.69, 9.17) is 10.7 Å². The first-order valence-electron chi connectivity index (χ1n) is 14.4. The van der Waals surface area contributed by atoms with E-state index in [2.05, 4.69) is 25.3 Å². The Labute approximate surface area is 254 Å². The van der Waals surface area contributed by atoms with Crippen LogP contribution >= 0.6 is 0 Å². The average Bonchev–Trinajstić information content (AvgIpc) is 3.73. The Bertz CT molecular complexity index is 1970. The molecule has 14 heteroatoms. The van der Waals surface area contributed by atoms with Crippen molar-refractivity contribution in [1.82, 2.24) is 39.7 Å². The van der Waals surface area contributed by atoms with Crippen molar-refractivity contribution in [2.24, 2.45) is 0 Å². The number of aromatic nitrogens is 7. The third-order valence-corrected chi connectivity index (χ3v) is 9.77.